The lowest BCUT2D eigenvalue weighted by molar-refractivity contribution is 0.597. The summed E-state index contributed by atoms with van der Waals surface area (Å²) in [7, 11) is 0. The number of nitrogens with one attached hydrogen (secondary N) is 1. The molecule has 1 heterocycles. The minimum atomic E-state index is -0.248. The standard InChI is InChI=1S/C12H12BrFN2S/c1-2-15-11(12-16-5-6-17-12)8-3-4-9(13)10(14)7-8/h3-7,11,15H,2H2,1H3. The summed E-state index contributed by atoms with van der Waals surface area (Å²) in [5, 5.41) is 6.19. The van der Waals surface area contributed by atoms with Crippen molar-refractivity contribution in [1.29, 1.82) is 0 Å². The molecule has 0 fully saturated rings. The highest BCUT2D eigenvalue weighted by Gasteiger charge is 2.16. The van der Waals surface area contributed by atoms with Crippen LogP contribution in [0.1, 0.15) is 23.5 Å². The highest BCUT2D eigenvalue weighted by molar-refractivity contribution is 9.10. The topological polar surface area (TPSA) is 24.9 Å². The first-order chi connectivity index (χ1) is 8.22. The predicted molar refractivity (Wildman–Crippen MR) is 71.7 cm³/mol. The maximum Gasteiger partial charge on any atom is 0.137 e. The molecule has 0 aliphatic rings. The molecule has 90 valence electrons. The Kier molecular flexibility index (Phi) is 4.25. The van der Waals surface area contributed by atoms with Crippen LogP contribution in [0.2, 0.25) is 0 Å². The minimum Gasteiger partial charge on any atom is -0.305 e. The van der Waals surface area contributed by atoms with Crippen LogP contribution in [0, 0.1) is 5.82 Å². The Balaban J connectivity index is 2.35. The molecule has 0 aliphatic carbocycles. The van der Waals surface area contributed by atoms with Gasteiger partial charge in [-0.05, 0) is 40.2 Å². The maximum atomic E-state index is 13.5. The molecule has 2 rings (SSSR count). The largest absolute Gasteiger partial charge is 0.305 e. The average Bonchev–Trinajstić information content (AvgIpc) is 2.83. The normalized spacial score (nSPS) is 12.6. The first-order valence-electron chi connectivity index (χ1n) is 5.30. The van der Waals surface area contributed by atoms with Crippen LogP contribution in [0.5, 0.6) is 0 Å². The van der Waals surface area contributed by atoms with Gasteiger partial charge in [-0.2, -0.15) is 0 Å². The monoisotopic (exact) mass is 314 g/mol. The molecule has 2 aromatic rings. The number of halogens is 2. The van der Waals surface area contributed by atoms with Gasteiger partial charge in [0.25, 0.3) is 0 Å². The Morgan fingerprint density at radius 3 is 2.94 bits per heavy atom. The number of hydrogen-bond donors (Lipinski definition) is 1. The van der Waals surface area contributed by atoms with Crippen molar-refractivity contribution < 1.29 is 4.39 Å². The van der Waals surface area contributed by atoms with Gasteiger partial charge in [0, 0.05) is 11.6 Å². The molecule has 0 amide bonds. The molecule has 0 spiro atoms. The number of aromatic nitrogens is 1. The molecule has 17 heavy (non-hydrogen) atoms. The predicted octanol–water partition coefficient (Wildman–Crippen LogP) is 3.74. The van der Waals surface area contributed by atoms with Crippen LogP contribution in [-0.2, 0) is 0 Å². The van der Waals surface area contributed by atoms with Crippen LogP contribution >= 0.6 is 27.3 Å². The number of rotatable bonds is 4. The molecule has 1 atom stereocenters. The van der Waals surface area contributed by atoms with E-state index >= 15 is 0 Å². The molecule has 1 aromatic heterocycles. The van der Waals surface area contributed by atoms with Crippen molar-refractivity contribution >= 4 is 27.3 Å². The Bertz CT molecular complexity index is 487. The number of thiazole rings is 1. The van der Waals surface area contributed by atoms with Gasteiger partial charge in [-0.1, -0.05) is 13.0 Å². The number of hydrogen-bond acceptors (Lipinski definition) is 3. The molecule has 1 unspecified atom stereocenters. The fourth-order valence-corrected chi connectivity index (χ4v) is 2.61. The summed E-state index contributed by atoms with van der Waals surface area (Å²) in [5.41, 5.74) is 0.891. The van der Waals surface area contributed by atoms with E-state index in [4.69, 9.17) is 0 Å². The summed E-state index contributed by atoms with van der Waals surface area (Å²) in [6.07, 6.45) is 1.76. The van der Waals surface area contributed by atoms with Gasteiger partial charge in [-0.3, -0.25) is 0 Å². The average molecular weight is 315 g/mol. The Hall–Kier alpha value is -0.780. The van der Waals surface area contributed by atoms with E-state index in [-0.39, 0.29) is 11.9 Å². The first-order valence-corrected chi connectivity index (χ1v) is 6.97. The van der Waals surface area contributed by atoms with Crippen molar-refractivity contribution in [3.8, 4) is 0 Å². The third-order valence-corrected chi connectivity index (χ3v) is 3.87. The second-order valence-corrected chi connectivity index (χ2v) is 5.32. The SMILES string of the molecule is CCNC(c1ccc(Br)c(F)c1)c1nccs1. The summed E-state index contributed by atoms with van der Waals surface area (Å²) in [6, 6.07) is 5.13. The zero-order valence-corrected chi connectivity index (χ0v) is 11.7. The zero-order chi connectivity index (χ0) is 12.3. The van der Waals surface area contributed by atoms with E-state index in [2.05, 4.69) is 26.2 Å². The van der Waals surface area contributed by atoms with E-state index in [1.807, 2.05) is 18.4 Å². The lowest BCUT2D eigenvalue weighted by Crippen LogP contribution is -2.21. The Labute approximate surface area is 112 Å². The summed E-state index contributed by atoms with van der Waals surface area (Å²) in [5.74, 6) is -0.248. The summed E-state index contributed by atoms with van der Waals surface area (Å²) >= 11 is 4.73. The van der Waals surface area contributed by atoms with Gasteiger partial charge in [0.1, 0.15) is 10.8 Å². The van der Waals surface area contributed by atoms with Gasteiger partial charge in [0.05, 0.1) is 10.5 Å². The van der Waals surface area contributed by atoms with E-state index in [1.165, 1.54) is 0 Å². The molecule has 5 heteroatoms. The second-order valence-electron chi connectivity index (χ2n) is 3.53. The molecule has 0 saturated carbocycles. The lowest BCUT2D eigenvalue weighted by atomic mass is 10.1. The highest BCUT2D eigenvalue weighted by atomic mass is 79.9. The van der Waals surface area contributed by atoms with Crippen molar-refractivity contribution in [3.05, 3.63) is 50.6 Å². The summed E-state index contributed by atoms with van der Waals surface area (Å²) in [6.45, 7) is 2.83. The van der Waals surface area contributed by atoms with Gasteiger partial charge in [-0.25, -0.2) is 9.37 Å². The Morgan fingerprint density at radius 2 is 2.35 bits per heavy atom. The van der Waals surface area contributed by atoms with Gasteiger partial charge in [0.2, 0.25) is 0 Å². The molecule has 1 aromatic carbocycles. The van der Waals surface area contributed by atoms with Crippen LogP contribution in [-0.4, -0.2) is 11.5 Å². The fourth-order valence-electron chi connectivity index (χ4n) is 1.62. The fraction of sp³-hybridized carbons (Fsp3) is 0.250. The van der Waals surface area contributed by atoms with Crippen molar-refractivity contribution in [2.45, 2.75) is 13.0 Å². The van der Waals surface area contributed by atoms with Crippen molar-refractivity contribution in [2.75, 3.05) is 6.54 Å². The van der Waals surface area contributed by atoms with E-state index in [1.54, 1.807) is 29.7 Å². The zero-order valence-electron chi connectivity index (χ0n) is 9.28. The van der Waals surface area contributed by atoms with E-state index in [9.17, 15) is 4.39 Å². The number of nitrogens with zero attached hydrogens (tertiary/aromatic N) is 1. The van der Waals surface area contributed by atoms with Crippen LogP contribution in [0.3, 0.4) is 0 Å². The molecule has 0 bridgehead atoms. The molecular weight excluding hydrogens is 303 g/mol. The van der Waals surface area contributed by atoms with Gasteiger partial charge >= 0.3 is 0 Å². The van der Waals surface area contributed by atoms with Gasteiger partial charge < -0.3 is 5.32 Å². The minimum absolute atomic E-state index is 0.0393. The smallest absolute Gasteiger partial charge is 0.137 e. The molecule has 1 N–H and O–H groups in total. The van der Waals surface area contributed by atoms with E-state index < -0.39 is 0 Å². The van der Waals surface area contributed by atoms with Crippen molar-refractivity contribution in [1.82, 2.24) is 10.3 Å². The second kappa shape index (κ2) is 5.71. The van der Waals surface area contributed by atoms with E-state index in [0.29, 0.717) is 4.47 Å². The van der Waals surface area contributed by atoms with E-state index in [0.717, 1.165) is 17.1 Å². The third-order valence-electron chi connectivity index (χ3n) is 2.38. The molecule has 0 saturated heterocycles. The summed E-state index contributed by atoms with van der Waals surface area (Å²) < 4.78 is 14.0. The number of benzene rings is 1. The van der Waals surface area contributed by atoms with Crippen LogP contribution in [0.4, 0.5) is 4.39 Å². The third kappa shape index (κ3) is 2.91. The highest BCUT2D eigenvalue weighted by Crippen LogP contribution is 2.26. The molecular formula is C12H12BrFN2S. The molecule has 2 nitrogen and oxygen atoms in total. The van der Waals surface area contributed by atoms with Crippen molar-refractivity contribution in [2.24, 2.45) is 0 Å². The van der Waals surface area contributed by atoms with Crippen LogP contribution in [0.25, 0.3) is 0 Å². The van der Waals surface area contributed by atoms with Gasteiger partial charge in [0.15, 0.2) is 0 Å². The van der Waals surface area contributed by atoms with Crippen molar-refractivity contribution in [3.63, 3.8) is 0 Å². The first kappa shape index (κ1) is 12.7. The molecule has 0 radical (unpaired) electrons. The quantitative estimate of drug-likeness (QED) is 0.929. The van der Waals surface area contributed by atoms with Crippen LogP contribution in [0.15, 0.2) is 34.2 Å². The van der Waals surface area contributed by atoms with Gasteiger partial charge in [-0.15, -0.1) is 11.3 Å². The molecule has 0 aliphatic heterocycles. The maximum absolute atomic E-state index is 13.5. The Morgan fingerprint density at radius 1 is 1.53 bits per heavy atom. The lowest BCUT2D eigenvalue weighted by Gasteiger charge is -2.16. The summed E-state index contributed by atoms with van der Waals surface area (Å²) in [4.78, 5) is 4.29. The van der Waals surface area contributed by atoms with Crippen LogP contribution < -0.4 is 5.32 Å².